The molecule has 0 saturated carbocycles. The molecule has 0 atom stereocenters. The maximum atomic E-state index is 12.7. The van der Waals surface area contributed by atoms with Gasteiger partial charge in [-0.15, -0.1) is 0 Å². The number of hydrogen-bond acceptors (Lipinski definition) is 5. The van der Waals surface area contributed by atoms with Gasteiger partial charge >= 0.3 is 6.18 Å². The van der Waals surface area contributed by atoms with Gasteiger partial charge in [-0.05, 0) is 0 Å². The topological polar surface area (TPSA) is 67.7 Å². The highest BCUT2D eigenvalue weighted by Gasteiger charge is 2.35. The lowest BCUT2D eigenvalue weighted by Gasteiger charge is -2.11. The third-order valence-electron chi connectivity index (χ3n) is 2.58. The summed E-state index contributed by atoms with van der Waals surface area (Å²) >= 11 is 0. The van der Waals surface area contributed by atoms with E-state index < -0.39 is 12.0 Å². The summed E-state index contributed by atoms with van der Waals surface area (Å²) in [6.45, 7) is 0.265. The molecule has 0 unspecified atom stereocenters. The number of anilines is 2. The minimum atomic E-state index is -4.59. The van der Waals surface area contributed by atoms with Gasteiger partial charge in [0.1, 0.15) is 17.5 Å². The van der Waals surface area contributed by atoms with Crippen LogP contribution in [0, 0.1) is 0 Å². The van der Waals surface area contributed by atoms with E-state index in [4.69, 9.17) is 0 Å². The smallest absolute Gasteiger partial charge is 0.373 e. The first kappa shape index (κ1) is 14.1. The van der Waals surface area contributed by atoms with Gasteiger partial charge in [0.25, 0.3) is 0 Å². The number of aromatic nitrogens is 4. The maximum Gasteiger partial charge on any atom is 0.451 e. The monoisotopic (exact) mass is 286 g/mol. The summed E-state index contributed by atoms with van der Waals surface area (Å²) in [7, 11) is 3.29. The number of alkyl halides is 3. The minimum absolute atomic E-state index is 0.0830. The van der Waals surface area contributed by atoms with E-state index >= 15 is 0 Å². The average Bonchev–Trinajstić information content (AvgIpc) is 2.80. The summed E-state index contributed by atoms with van der Waals surface area (Å²) < 4.78 is 39.8. The van der Waals surface area contributed by atoms with E-state index in [-0.39, 0.29) is 18.2 Å². The van der Waals surface area contributed by atoms with Gasteiger partial charge in [0.05, 0.1) is 6.54 Å². The molecule has 0 radical (unpaired) electrons. The molecule has 0 aliphatic heterocycles. The molecule has 0 bridgehead atoms. The van der Waals surface area contributed by atoms with Crippen molar-refractivity contribution in [3.63, 3.8) is 0 Å². The van der Waals surface area contributed by atoms with Gasteiger partial charge in [0, 0.05) is 32.6 Å². The van der Waals surface area contributed by atoms with Crippen LogP contribution in [0.3, 0.4) is 0 Å². The normalized spacial score (nSPS) is 11.4. The van der Waals surface area contributed by atoms with Crippen molar-refractivity contribution in [2.75, 3.05) is 17.7 Å². The van der Waals surface area contributed by atoms with Gasteiger partial charge in [-0.3, -0.25) is 0 Å². The van der Waals surface area contributed by atoms with Crippen LogP contribution in [-0.4, -0.2) is 26.6 Å². The molecule has 2 N–H and O–H groups in total. The molecule has 9 heteroatoms. The Morgan fingerprint density at radius 2 is 1.95 bits per heavy atom. The minimum Gasteiger partial charge on any atom is -0.373 e. The first-order chi connectivity index (χ1) is 9.40. The summed E-state index contributed by atoms with van der Waals surface area (Å²) in [6, 6.07) is 1.40. The first-order valence-corrected chi connectivity index (χ1v) is 5.74. The zero-order valence-electron chi connectivity index (χ0n) is 10.9. The summed E-state index contributed by atoms with van der Waals surface area (Å²) in [6.07, 6.45) is -1.24. The van der Waals surface area contributed by atoms with E-state index in [0.29, 0.717) is 5.82 Å². The zero-order valence-corrected chi connectivity index (χ0v) is 10.9. The van der Waals surface area contributed by atoms with Crippen molar-refractivity contribution in [2.45, 2.75) is 12.7 Å². The lowest BCUT2D eigenvalue weighted by atomic mass is 10.4. The molecular weight excluding hydrogens is 273 g/mol. The Kier molecular flexibility index (Phi) is 3.77. The first-order valence-electron chi connectivity index (χ1n) is 5.74. The fraction of sp³-hybridized carbons (Fsp3) is 0.364. The van der Waals surface area contributed by atoms with Crippen molar-refractivity contribution in [3.8, 4) is 0 Å². The quantitative estimate of drug-likeness (QED) is 0.898. The van der Waals surface area contributed by atoms with Crippen LogP contribution in [0.4, 0.5) is 24.8 Å². The van der Waals surface area contributed by atoms with Gasteiger partial charge < -0.3 is 15.2 Å². The predicted octanol–water partition coefficient (Wildman–Crippen LogP) is 1.88. The second-order valence-corrected chi connectivity index (χ2v) is 4.02. The standard InChI is InChI=1S/C11H13F3N6/c1-15-7-5-8(19-10(18-7)11(12,13)14)17-6-9-16-3-4-20(9)2/h3-5H,6H2,1-2H3,(H2,15,17,18,19). The lowest BCUT2D eigenvalue weighted by molar-refractivity contribution is -0.144. The number of rotatable bonds is 4. The van der Waals surface area contributed by atoms with E-state index in [1.165, 1.54) is 13.1 Å². The Labute approximate surface area is 113 Å². The van der Waals surface area contributed by atoms with E-state index in [9.17, 15) is 13.2 Å². The molecule has 0 fully saturated rings. The van der Waals surface area contributed by atoms with Gasteiger partial charge in [-0.25, -0.2) is 15.0 Å². The molecule has 108 valence electrons. The third-order valence-corrected chi connectivity index (χ3v) is 2.58. The highest BCUT2D eigenvalue weighted by atomic mass is 19.4. The highest BCUT2D eigenvalue weighted by molar-refractivity contribution is 5.47. The molecule has 0 aromatic carbocycles. The molecule has 6 nitrogen and oxygen atoms in total. The van der Waals surface area contributed by atoms with Crippen molar-refractivity contribution in [1.29, 1.82) is 0 Å². The second kappa shape index (κ2) is 5.35. The van der Waals surface area contributed by atoms with Crippen LogP contribution < -0.4 is 10.6 Å². The third kappa shape index (κ3) is 3.16. The van der Waals surface area contributed by atoms with Gasteiger partial charge in [-0.2, -0.15) is 13.2 Å². The van der Waals surface area contributed by atoms with Crippen LogP contribution in [0.1, 0.15) is 11.6 Å². The van der Waals surface area contributed by atoms with Gasteiger partial charge in [-0.1, -0.05) is 0 Å². The Balaban J connectivity index is 2.21. The summed E-state index contributed by atoms with van der Waals surface area (Å²) in [4.78, 5) is 10.9. The van der Waals surface area contributed by atoms with E-state index in [0.717, 1.165) is 0 Å². The molecule has 2 aromatic heterocycles. The van der Waals surface area contributed by atoms with E-state index in [1.807, 2.05) is 0 Å². The van der Waals surface area contributed by atoms with Crippen molar-refractivity contribution in [3.05, 3.63) is 30.1 Å². The number of halogens is 3. The number of hydrogen-bond donors (Lipinski definition) is 2. The van der Waals surface area contributed by atoms with Crippen molar-refractivity contribution in [1.82, 2.24) is 19.5 Å². The molecule has 0 saturated heterocycles. The highest BCUT2D eigenvalue weighted by Crippen LogP contribution is 2.28. The summed E-state index contributed by atoms with van der Waals surface area (Å²) in [5.41, 5.74) is 0. The van der Waals surface area contributed by atoms with Crippen LogP contribution >= 0.6 is 0 Å². The van der Waals surface area contributed by atoms with Crippen LogP contribution in [-0.2, 0) is 19.8 Å². The van der Waals surface area contributed by atoms with Gasteiger partial charge in [0.15, 0.2) is 0 Å². The Bertz CT molecular complexity index is 592. The largest absolute Gasteiger partial charge is 0.451 e. The molecule has 0 aliphatic rings. The zero-order chi connectivity index (χ0) is 14.8. The fourth-order valence-corrected chi connectivity index (χ4v) is 1.53. The van der Waals surface area contributed by atoms with Crippen LogP contribution in [0.15, 0.2) is 18.5 Å². The summed E-state index contributed by atoms with van der Waals surface area (Å²) in [5.74, 6) is -0.329. The molecular formula is C11H13F3N6. The predicted molar refractivity (Wildman–Crippen MR) is 67.1 cm³/mol. The molecule has 2 aromatic rings. The molecule has 0 aliphatic carbocycles. The molecule has 2 rings (SSSR count). The second-order valence-electron chi connectivity index (χ2n) is 4.02. The van der Waals surface area contributed by atoms with Crippen molar-refractivity contribution >= 4 is 11.6 Å². The van der Waals surface area contributed by atoms with E-state index in [2.05, 4.69) is 25.6 Å². The molecule has 20 heavy (non-hydrogen) atoms. The number of aryl methyl sites for hydroxylation is 1. The Morgan fingerprint density at radius 1 is 1.25 bits per heavy atom. The van der Waals surface area contributed by atoms with Crippen LogP contribution in [0.2, 0.25) is 0 Å². The average molecular weight is 286 g/mol. The van der Waals surface area contributed by atoms with Crippen molar-refractivity contribution < 1.29 is 13.2 Å². The Morgan fingerprint density at radius 3 is 2.50 bits per heavy atom. The summed E-state index contributed by atoms with van der Waals surface area (Å²) in [5, 5.41) is 5.37. The molecule has 0 amide bonds. The molecule has 2 heterocycles. The van der Waals surface area contributed by atoms with E-state index in [1.54, 1.807) is 24.0 Å². The fourth-order valence-electron chi connectivity index (χ4n) is 1.53. The van der Waals surface area contributed by atoms with Crippen molar-refractivity contribution in [2.24, 2.45) is 7.05 Å². The maximum absolute atomic E-state index is 12.7. The Hall–Kier alpha value is -2.32. The van der Waals surface area contributed by atoms with Crippen LogP contribution in [0.5, 0.6) is 0 Å². The number of nitrogens with one attached hydrogen (secondary N) is 2. The SMILES string of the molecule is CNc1cc(NCc2nccn2C)nc(C(F)(F)F)n1. The van der Waals surface area contributed by atoms with Gasteiger partial charge in [0.2, 0.25) is 5.82 Å². The lowest BCUT2D eigenvalue weighted by Crippen LogP contribution is -2.15. The molecule has 0 spiro atoms. The van der Waals surface area contributed by atoms with Crippen LogP contribution in [0.25, 0.3) is 0 Å². The number of imidazole rings is 1. The number of nitrogens with zero attached hydrogens (tertiary/aromatic N) is 4.